The summed E-state index contributed by atoms with van der Waals surface area (Å²) in [5.74, 6) is -1.52. The first-order valence-corrected chi connectivity index (χ1v) is 8.13. The zero-order valence-electron chi connectivity index (χ0n) is 14.4. The van der Waals surface area contributed by atoms with Crippen LogP contribution in [-0.4, -0.2) is 35.3 Å². The Bertz CT molecular complexity index is 867. The number of rotatable bonds is 4. The second kappa shape index (κ2) is 6.95. The number of halogens is 1. The van der Waals surface area contributed by atoms with Crippen LogP contribution in [0.1, 0.15) is 12.5 Å². The van der Waals surface area contributed by atoms with Gasteiger partial charge in [-0.1, -0.05) is 23.8 Å². The number of urea groups is 1. The Labute approximate surface area is 150 Å². The van der Waals surface area contributed by atoms with E-state index in [1.165, 1.54) is 23.1 Å². The molecule has 0 aromatic heterocycles. The summed E-state index contributed by atoms with van der Waals surface area (Å²) in [7, 11) is 0. The molecule has 1 N–H and O–H groups in total. The molecule has 3 rings (SSSR count). The van der Waals surface area contributed by atoms with Crippen LogP contribution in [0.3, 0.4) is 0 Å². The van der Waals surface area contributed by atoms with E-state index in [-0.39, 0.29) is 5.69 Å². The minimum absolute atomic E-state index is 0.262. The lowest BCUT2D eigenvalue weighted by atomic mass is 10.2. The molecular weight excluding hydrogens is 337 g/mol. The van der Waals surface area contributed by atoms with E-state index in [0.717, 1.165) is 16.5 Å². The van der Waals surface area contributed by atoms with Gasteiger partial charge < -0.3 is 5.32 Å². The second-order valence-corrected chi connectivity index (χ2v) is 6.15. The summed E-state index contributed by atoms with van der Waals surface area (Å²) in [6.07, 6.45) is 0. The van der Waals surface area contributed by atoms with Crippen LogP contribution in [0, 0.1) is 12.7 Å². The Hall–Kier alpha value is -3.22. The highest BCUT2D eigenvalue weighted by atomic mass is 19.1. The van der Waals surface area contributed by atoms with Gasteiger partial charge in [-0.05, 0) is 44.2 Å². The van der Waals surface area contributed by atoms with Crippen LogP contribution < -0.4 is 10.2 Å². The quantitative estimate of drug-likeness (QED) is 0.858. The molecule has 0 bridgehead atoms. The SMILES string of the molecule is Cc1ccc(N2C(=O)N(CC(=O)Nc3cccc(F)c3)C(=O)C2C)cc1. The number of anilines is 2. The van der Waals surface area contributed by atoms with Crippen molar-refractivity contribution in [3.63, 3.8) is 0 Å². The number of hydrogen-bond donors (Lipinski definition) is 1. The molecule has 0 spiro atoms. The van der Waals surface area contributed by atoms with Crippen LogP contribution in [-0.2, 0) is 9.59 Å². The second-order valence-electron chi connectivity index (χ2n) is 6.15. The molecule has 4 amide bonds. The van der Waals surface area contributed by atoms with Gasteiger partial charge in [-0.15, -0.1) is 0 Å². The number of imide groups is 1. The number of carbonyl (C=O) groups excluding carboxylic acids is 3. The smallest absolute Gasteiger partial charge is 0.324 e. The molecular formula is C19H18FN3O3. The third kappa shape index (κ3) is 3.42. The number of amides is 4. The Morgan fingerprint density at radius 1 is 1.15 bits per heavy atom. The van der Waals surface area contributed by atoms with Gasteiger partial charge >= 0.3 is 6.03 Å². The summed E-state index contributed by atoms with van der Waals surface area (Å²) in [6, 6.07) is 11.3. The maximum atomic E-state index is 13.2. The van der Waals surface area contributed by atoms with Gasteiger partial charge in [0, 0.05) is 11.4 Å². The molecule has 6 nitrogen and oxygen atoms in total. The molecule has 1 fully saturated rings. The van der Waals surface area contributed by atoms with Gasteiger partial charge in [-0.2, -0.15) is 0 Å². The Balaban J connectivity index is 1.74. The van der Waals surface area contributed by atoms with E-state index in [9.17, 15) is 18.8 Å². The molecule has 1 unspecified atom stereocenters. The molecule has 1 atom stereocenters. The van der Waals surface area contributed by atoms with Crippen molar-refractivity contribution in [3.8, 4) is 0 Å². The van der Waals surface area contributed by atoms with Gasteiger partial charge in [0.2, 0.25) is 5.91 Å². The van der Waals surface area contributed by atoms with Gasteiger partial charge in [0.05, 0.1) is 0 Å². The van der Waals surface area contributed by atoms with E-state index < -0.39 is 36.2 Å². The number of hydrogen-bond acceptors (Lipinski definition) is 3. The molecule has 1 aliphatic rings. The monoisotopic (exact) mass is 355 g/mol. The lowest BCUT2D eigenvalue weighted by Crippen LogP contribution is -2.39. The molecule has 134 valence electrons. The average molecular weight is 355 g/mol. The highest BCUT2D eigenvalue weighted by molar-refractivity contribution is 6.16. The van der Waals surface area contributed by atoms with Gasteiger partial charge in [0.1, 0.15) is 18.4 Å². The number of nitrogens with one attached hydrogen (secondary N) is 1. The Kier molecular flexibility index (Phi) is 4.71. The summed E-state index contributed by atoms with van der Waals surface area (Å²) in [5.41, 5.74) is 1.89. The number of aryl methyl sites for hydroxylation is 1. The van der Waals surface area contributed by atoms with Gasteiger partial charge in [-0.25, -0.2) is 9.18 Å². The summed E-state index contributed by atoms with van der Waals surface area (Å²) in [4.78, 5) is 39.5. The van der Waals surface area contributed by atoms with E-state index >= 15 is 0 Å². The van der Waals surface area contributed by atoms with Crippen LogP contribution in [0.25, 0.3) is 0 Å². The van der Waals surface area contributed by atoms with Crippen molar-refractivity contribution in [1.29, 1.82) is 0 Å². The van der Waals surface area contributed by atoms with E-state index in [0.29, 0.717) is 5.69 Å². The fraction of sp³-hybridized carbons (Fsp3) is 0.211. The maximum Gasteiger partial charge on any atom is 0.332 e. The minimum Gasteiger partial charge on any atom is -0.324 e. The largest absolute Gasteiger partial charge is 0.332 e. The molecule has 1 aliphatic heterocycles. The molecule has 1 heterocycles. The van der Waals surface area contributed by atoms with E-state index in [1.54, 1.807) is 19.1 Å². The molecule has 7 heteroatoms. The molecule has 0 aliphatic carbocycles. The van der Waals surface area contributed by atoms with Crippen LogP contribution >= 0.6 is 0 Å². The predicted octanol–water partition coefficient (Wildman–Crippen LogP) is 2.93. The first-order chi connectivity index (χ1) is 12.4. The topological polar surface area (TPSA) is 69.7 Å². The fourth-order valence-corrected chi connectivity index (χ4v) is 2.82. The third-order valence-electron chi connectivity index (χ3n) is 4.17. The summed E-state index contributed by atoms with van der Waals surface area (Å²) in [6.45, 7) is 3.11. The van der Waals surface area contributed by atoms with Crippen molar-refractivity contribution < 1.29 is 18.8 Å². The fourth-order valence-electron chi connectivity index (χ4n) is 2.82. The standard InChI is InChI=1S/C19H18FN3O3/c1-12-6-8-16(9-7-12)23-13(2)18(25)22(19(23)26)11-17(24)21-15-5-3-4-14(20)10-15/h3-10,13H,11H2,1-2H3,(H,21,24). The highest BCUT2D eigenvalue weighted by Crippen LogP contribution is 2.26. The molecule has 0 radical (unpaired) electrons. The van der Waals surface area contributed by atoms with Crippen molar-refractivity contribution in [2.24, 2.45) is 0 Å². The lowest BCUT2D eigenvalue weighted by molar-refractivity contribution is -0.130. The number of carbonyl (C=O) groups is 3. The van der Waals surface area contributed by atoms with Crippen molar-refractivity contribution in [2.75, 3.05) is 16.8 Å². The zero-order valence-corrected chi connectivity index (χ0v) is 14.4. The molecule has 2 aromatic carbocycles. The van der Waals surface area contributed by atoms with E-state index in [1.807, 2.05) is 19.1 Å². The zero-order chi connectivity index (χ0) is 18.8. The molecule has 2 aromatic rings. The first kappa shape index (κ1) is 17.6. The summed E-state index contributed by atoms with van der Waals surface area (Å²) in [5, 5.41) is 2.48. The van der Waals surface area contributed by atoms with Crippen molar-refractivity contribution in [3.05, 3.63) is 59.9 Å². The minimum atomic E-state index is -0.702. The maximum absolute atomic E-state index is 13.2. The number of nitrogens with zero attached hydrogens (tertiary/aromatic N) is 2. The van der Waals surface area contributed by atoms with Crippen LogP contribution in [0.5, 0.6) is 0 Å². The van der Waals surface area contributed by atoms with Crippen molar-refractivity contribution in [1.82, 2.24) is 4.90 Å². The van der Waals surface area contributed by atoms with Crippen LogP contribution in [0.4, 0.5) is 20.6 Å². The lowest BCUT2D eigenvalue weighted by Gasteiger charge is -2.19. The Morgan fingerprint density at radius 3 is 2.50 bits per heavy atom. The predicted molar refractivity (Wildman–Crippen MR) is 95.3 cm³/mol. The first-order valence-electron chi connectivity index (χ1n) is 8.13. The molecule has 1 saturated heterocycles. The summed E-state index contributed by atoms with van der Waals surface area (Å²) < 4.78 is 13.2. The molecule has 26 heavy (non-hydrogen) atoms. The van der Waals surface area contributed by atoms with Gasteiger partial charge in [-0.3, -0.25) is 19.4 Å². The van der Waals surface area contributed by atoms with Crippen LogP contribution in [0.2, 0.25) is 0 Å². The number of benzene rings is 2. The Morgan fingerprint density at radius 2 is 1.85 bits per heavy atom. The third-order valence-corrected chi connectivity index (χ3v) is 4.17. The van der Waals surface area contributed by atoms with Gasteiger partial charge in [0.15, 0.2) is 0 Å². The van der Waals surface area contributed by atoms with Crippen molar-refractivity contribution in [2.45, 2.75) is 19.9 Å². The van der Waals surface area contributed by atoms with Gasteiger partial charge in [0.25, 0.3) is 5.91 Å². The van der Waals surface area contributed by atoms with Crippen molar-refractivity contribution >= 4 is 29.2 Å². The average Bonchev–Trinajstić information content (AvgIpc) is 2.80. The van der Waals surface area contributed by atoms with Crippen LogP contribution in [0.15, 0.2) is 48.5 Å². The highest BCUT2D eigenvalue weighted by Gasteiger charge is 2.44. The van der Waals surface area contributed by atoms with E-state index in [2.05, 4.69) is 5.32 Å². The normalized spacial score (nSPS) is 17.0. The van der Waals surface area contributed by atoms with E-state index in [4.69, 9.17) is 0 Å². The molecule has 0 saturated carbocycles. The summed E-state index contributed by atoms with van der Waals surface area (Å²) >= 11 is 0.